The van der Waals surface area contributed by atoms with Crippen LogP contribution >= 0.6 is 0 Å². The van der Waals surface area contributed by atoms with Crippen LogP contribution in [0.2, 0.25) is 0 Å². The van der Waals surface area contributed by atoms with Crippen LogP contribution < -0.4 is 5.56 Å². The van der Waals surface area contributed by atoms with Crippen LogP contribution in [0.15, 0.2) is 4.79 Å². The number of aromatic nitrogens is 2. The highest BCUT2D eigenvalue weighted by atomic mass is 16.4. The van der Waals surface area contributed by atoms with Gasteiger partial charge in [-0.1, -0.05) is 13.8 Å². The molecule has 0 fully saturated rings. The van der Waals surface area contributed by atoms with Gasteiger partial charge in [0.15, 0.2) is 0 Å². The van der Waals surface area contributed by atoms with Crippen LogP contribution in [0, 0.1) is 5.92 Å². The van der Waals surface area contributed by atoms with Gasteiger partial charge in [0.25, 0.3) is 5.56 Å². The van der Waals surface area contributed by atoms with Gasteiger partial charge in [-0.05, 0) is 18.8 Å². The molecule has 0 amide bonds. The summed E-state index contributed by atoms with van der Waals surface area (Å²) in [6.07, 6.45) is 1.04. The lowest BCUT2D eigenvalue weighted by Crippen LogP contribution is -2.10. The van der Waals surface area contributed by atoms with Crippen LogP contribution in [0.4, 0.5) is 0 Å². The van der Waals surface area contributed by atoms with E-state index < -0.39 is 5.97 Å². The molecule has 0 aromatic carbocycles. The zero-order valence-corrected chi connectivity index (χ0v) is 8.96. The Bertz CT molecular complexity index is 390. The van der Waals surface area contributed by atoms with Gasteiger partial charge in [-0.3, -0.25) is 14.7 Å². The summed E-state index contributed by atoms with van der Waals surface area (Å²) in [5.74, 6) is -0.453. The first kappa shape index (κ1) is 11.6. The monoisotopic (exact) mass is 212 g/mol. The van der Waals surface area contributed by atoms with E-state index in [4.69, 9.17) is 5.11 Å². The summed E-state index contributed by atoms with van der Waals surface area (Å²) in [5, 5.41) is 13.8. The Morgan fingerprint density at radius 3 is 2.60 bits per heavy atom. The zero-order valence-electron chi connectivity index (χ0n) is 8.96. The second kappa shape index (κ2) is 4.82. The van der Waals surface area contributed by atoms with Crippen molar-refractivity contribution >= 4 is 5.97 Å². The summed E-state index contributed by atoms with van der Waals surface area (Å²) in [6, 6.07) is 0. The molecule has 0 unspecified atom stereocenters. The summed E-state index contributed by atoms with van der Waals surface area (Å²) in [5.41, 5.74) is 1.20. The molecule has 84 valence electrons. The standard InChI is InChI=1S/C10H16N2O3/c1-6(2)5-8-7(3-4-9(13)14)10(15)12-11-8/h6H,3-5H2,1-2H3,(H,13,14)(H2,11,12,15). The third-order valence-corrected chi connectivity index (χ3v) is 2.17. The predicted octanol–water partition coefficient (Wildman–Crippen LogP) is 0.919. The van der Waals surface area contributed by atoms with Gasteiger partial charge in [0.05, 0.1) is 0 Å². The Labute approximate surface area is 87.5 Å². The van der Waals surface area contributed by atoms with E-state index in [0.717, 1.165) is 12.1 Å². The summed E-state index contributed by atoms with van der Waals surface area (Å²) in [4.78, 5) is 21.8. The van der Waals surface area contributed by atoms with E-state index in [1.165, 1.54) is 0 Å². The molecule has 0 radical (unpaired) electrons. The SMILES string of the molecule is CC(C)Cc1[nH][nH]c(=O)c1CCC(=O)O. The smallest absolute Gasteiger partial charge is 0.303 e. The molecule has 0 aliphatic rings. The Morgan fingerprint density at radius 1 is 1.40 bits per heavy atom. The summed E-state index contributed by atoms with van der Waals surface area (Å²) in [7, 11) is 0. The molecule has 5 heteroatoms. The molecule has 3 N–H and O–H groups in total. The normalized spacial score (nSPS) is 10.9. The Balaban J connectivity index is 2.79. The molecule has 0 saturated heterocycles. The maximum atomic E-state index is 11.4. The van der Waals surface area contributed by atoms with Crippen molar-refractivity contribution in [2.75, 3.05) is 0 Å². The first-order valence-electron chi connectivity index (χ1n) is 5.01. The van der Waals surface area contributed by atoms with Gasteiger partial charge in [0.2, 0.25) is 0 Å². The van der Waals surface area contributed by atoms with Gasteiger partial charge in [0.1, 0.15) is 0 Å². The molecule has 5 nitrogen and oxygen atoms in total. The summed E-state index contributed by atoms with van der Waals surface area (Å²) in [6.45, 7) is 4.10. The molecule has 0 aliphatic heterocycles. The number of hydrogen-bond donors (Lipinski definition) is 3. The lowest BCUT2D eigenvalue weighted by molar-refractivity contribution is -0.136. The van der Waals surface area contributed by atoms with Crippen LogP contribution in [-0.2, 0) is 17.6 Å². The molecule has 15 heavy (non-hydrogen) atoms. The zero-order chi connectivity index (χ0) is 11.4. The van der Waals surface area contributed by atoms with Gasteiger partial charge in [-0.2, -0.15) is 0 Å². The second-order valence-electron chi connectivity index (χ2n) is 4.03. The average Bonchev–Trinajstić information content (AvgIpc) is 2.43. The van der Waals surface area contributed by atoms with Crippen molar-refractivity contribution in [1.29, 1.82) is 0 Å². The van der Waals surface area contributed by atoms with Crippen LogP contribution in [0.1, 0.15) is 31.5 Å². The van der Waals surface area contributed by atoms with Crippen molar-refractivity contribution in [2.45, 2.75) is 33.1 Å². The van der Waals surface area contributed by atoms with Gasteiger partial charge in [-0.25, -0.2) is 0 Å². The van der Waals surface area contributed by atoms with Crippen molar-refractivity contribution in [3.05, 3.63) is 21.6 Å². The summed E-state index contributed by atoms with van der Waals surface area (Å²) < 4.78 is 0. The molecule has 1 aromatic rings. The summed E-state index contributed by atoms with van der Waals surface area (Å²) >= 11 is 0. The number of carbonyl (C=O) groups is 1. The number of carboxylic acids is 1. The minimum absolute atomic E-state index is 0.00791. The van der Waals surface area contributed by atoms with Gasteiger partial charge < -0.3 is 10.2 Å². The van der Waals surface area contributed by atoms with Gasteiger partial charge >= 0.3 is 5.97 Å². The quantitative estimate of drug-likeness (QED) is 0.678. The first-order chi connectivity index (χ1) is 7.00. The van der Waals surface area contributed by atoms with E-state index in [2.05, 4.69) is 10.2 Å². The maximum absolute atomic E-state index is 11.4. The Hall–Kier alpha value is -1.52. The highest BCUT2D eigenvalue weighted by Gasteiger charge is 2.12. The van der Waals surface area contributed by atoms with Gasteiger partial charge in [-0.15, -0.1) is 0 Å². The Kier molecular flexibility index (Phi) is 3.71. The van der Waals surface area contributed by atoms with E-state index in [-0.39, 0.29) is 18.4 Å². The van der Waals surface area contributed by atoms with E-state index in [1.54, 1.807) is 0 Å². The molecule has 0 bridgehead atoms. The number of aliphatic carboxylic acids is 1. The highest BCUT2D eigenvalue weighted by molar-refractivity contribution is 5.67. The van der Waals surface area contributed by atoms with Gasteiger partial charge in [0, 0.05) is 17.7 Å². The van der Waals surface area contributed by atoms with Crippen molar-refractivity contribution in [2.24, 2.45) is 5.92 Å². The third-order valence-electron chi connectivity index (χ3n) is 2.17. The van der Waals surface area contributed by atoms with E-state index in [1.807, 2.05) is 13.8 Å². The van der Waals surface area contributed by atoms with Crippen LogP contribution in [0.3, 0.4) is 0 Å². The molecule has 0 atom stereocenters. The lowest BCUT2D eigenvalue weighted by Gasteiger charge is -2.03. The van der Waals surface area contributed by atoms with E-state index in [9.17, 15) is 9.59 Å². The van der Waals surface area contributed by atoms with E-state index in [0.29, 0.717) is 11.5 Å². The molecular formula is C10H16N2O3. The number of aromatic amines is 2. The Morgan fingerprint density at radius 2 is 2.07 bits per heavy atom. The average molecular weight is 212 g/mol. The highest BCUT2D eigenvalue weighted by Crippen LogP contribution is 2.09. The fraction of sp³-hybridized carbons (Fsp3) is 0.600. The molecule has 1 rings (SSSR count). The van der Waals surface area contributed by atoms with Crippen LogP contribution in [0.25, 0.3) is 0 Å². The van der Waals surface area contributed by atoms with Crippen LogP contribution in [0.5, 0.6) is 0 Å². The first-order valence-corrected chi connectivity index (χ1v) is 5.01. The third kappa shape index (κ3) is 3.27. The number of H-pyrrole nitrogens is 2. The fourth-order valence-electron chi connectivity index (χ4n) is 1.50. The number of nitrogens with one attached hydrogen (secondary N) is 2. The predicted molar refractivity (Wildman–Crippen MR) is 55.9 cm³/mol. The van der Waals surface area contributed by atoms with Crippen LogP contribution in [-0.4, -0.2) is 21.3 Å². The molecule has 0 aliphatic carbocycles. The second-order valence-corrected chi connectivity index (χ2v) is 4.03. The van der Waals surface area contributed by atoms with Crippen molar-refractivity contribution in [1.82, 2.24) is 10.2 Å². The fourth-order valence-corrected chi connectivity index (χ4v) is 1.50. The van der Waals surface area contributed by atoms with Crippen molar-refractivity contribution in [3.63, 3.8) is 0 Å². The van der Waals surface area contributed by atoms with E-state index >= 15 is 0 Å². The van der Waals surface area contributed by atoms with Crippen molar-refractivity contribution in [3.8, 4) is 0 Å². The maximum Gasteiger partial charge on any atom is 0.303 e. The molecule has 1 aromatic heterocycles. The topological polar surface area (TPSA) is 86.0 Å². The number of hydrogen-bond acceptors (Lipinski definition) is 2. The molecule has 1 heterocycles. The lowest BCUT2D eigenvalue weighted by atomic mass is 10.0. The number of rotatable bonds is 5. The minimum Gasteiger partial charge on any atom is -0.481 e. The van der Waals surface area contributed by atoms with Crippen molar-refractivity contribution < 1.29 is 9.90 Å². The molecule has 0 spiro atoms. The minimum atomic E-state index is -0.883. The molecular weight excluding hydrogens is 196 g/mol. The number of carboxylic acid groups (broad SMARTS) is 1. The molecule has 0 saturated carbocycles. The largest absolute Gasteiger partial charge is 0.481 e.